The molecule has 8 heteroatoms. The van der Waals surface area contributed by atoms with Crippen molar-refractivity contribution >= 4 is 5.91 Å². The highest BCUT2D eigenvalue weighted by Gasteiger charge is 2.11. The molecule has 2 aromatic heterocycles. The minimum Gasteiger partial charge on any atom is -0.479 e. The number of nitrogens with zero attached hydrogens (tertiary/aromatic N) is 2. The third kappa shape index (κ3) is 2.81. The lowest BCUT2D eigenvalue weighted by molar-refractivity contribution is 0.0948. The molecular weight excluding hydrogens is 262 g/mol. The van der Waals surface area contributed by atoms with Crippen molar-refractivity contribution in [2.24, 2.45) is 5.84 Å². The lowest BCUT2D eigenvalue weighted by Gasteiger charge is -2.05. The van der Waals surface area contributed by atoms with E-state index in [0.717, 1.165) is 0 Å². The van der Waals surface area contributed by atoms with Gasteiger partial charge in [-0.3, -0.25) is 20.0 Å². The van der Waals surface area contributed by atoms with Crippen molar-refractivity contribution in [2.45, 2.75) is 6.92 Å². The van der Waals surface area contributed by atoms with Gasteiger partial charge in [0.1, 0.15) is 5.69 Å². The fraction of sp³-hybridized carbons (Fsp3) is 0.167. The SMILES string of the molecule is CCOc1cc(=O)c(-c2cncc(C(=O)NN)n2)c[nH]1. The number of hydrazine groups is 1. The number of rotatable bonds is 4. The Morgan fingerprint density at radius 2 is 2.30 bits per heavy atom. The van der Waals surface area contributed by atoms with Gasteiger partial charge >= 0.3 is 0 Å². The molecule has 0 spiro atoms. The van der Waals surface area contributed by atoms with Gasteiger partial charge in [0, 0.05) is 12.3 Å². The highest BCUT2D eigenvalue weighted by atomic mass is 16.5. The first-order valence-corrected chi connectivity index (χ1v) is 5.84. The normalized spacial score (nSPS) is 10.1. The van der Waals surface area contributed by atoms with Crippen LogP contribution in [0.4, 0.5) is 0 Å². The topological polar surface area (TPSA) is 123 Å². The zero-order valence-corrected chi connectivity index (χ0v) is 10.7. The molecule has 8 nitrogen and oxygen atoms in total. The van der Waals surface area contributed by atoms with Crippen LogP contribution in [0.2, 0.25) is 0 Å². The molecule has 0 aromatic carbocycles. The van der Waals surface area contributed by atoms with Gasteiger partial charge in [0.05, 0.1) is 30.3 Å². The number of nitrogens with two attached hydrogens (primary N) is 1. The summed E-state index contributed by atoms with van der Waals surface area (Å²) in [6, 6.07) is 1.32. The maximum atomic E-state index is 12.0. The second-order valence-corrected chi connectivity index (χ2v) is 3.77. The van der Waals surface area contributed by atoms with Crippen LogP contribution in [0.1, 0.15) is 17.4 Å². The Morgan fingerprint density at radius 3 is 2.95 bits per heavy atom. The zero-order valence-electron chi connectivity index (χ0n) is 10.7. The maximum Gasteiger partial charge on any atom is 0.285 e. The van der Waals surface area contributed by atoms with E-state index >= 15 is 0 Å². The number of nitrogens with one attached hydrogen (secondary N) is 2. The number of pyridine rings is 1. The number of ether oxygens (including phenoxy) is 1. The van der Waals surface area contributed by atoms with Crippen LogP contribution in [-0.2, 0) is 0 Å². The minimum atomic E-state index is -0.582. The first-order valence-electron chi connectivity index (χ1n) is 5.84. The second kappa shape index (κ2) is 5.93. The summed E-state index contributed by atoms with van der Waals surface area (Å²) >= 11 is 0. The number of carbonyl (C=O) groups excluding carboxylic acids is 1. The number of aromatic nitrogens is 3. The molecule has 0 aliphatic heterocycles. The molecular formula is C12H13N5O3. The molecule has 20 heavy (non-hydrogen) atoms. The van der Waals surface area contributed by atoms with Crippen molar-refractivity contribution in [3.8, 4) is 17.1 Å². The van der Waals surface area contributed by atoms with E-state index in [-0.39, 0.29) is 22.4 Å². The summed E-state index contributed by atoms with van der Waals surface area (Å²) in [5.41, 5.74) is 2.25. The molecule has 0 radical (unpaired) electrons. The first-order chi connectivity index (χ1) is 9.65. The van der Waals surface area contributed by atoms with Crippen molar-refractivity contribution in [2.75, 3.05) is 6.61 Å². The number of hydrogen-bond donors (Lipinski definition) is 3. The second-order valence-electron chi connectivity index (χ2n) is 3.77. The van der Waals surface area contributed by atoms with Crippen molar-refractivity contribution < 1.29 is 9.53 Å². The highest BCUT2D eigenvalue weighted by Crippen LogP contribution is 2.13. The summed E-state index contributed by atoms with van der Waals surface area (Å²) < 4.78 is 5.18. The molecule has 0 aliphatic carbocycles. The fourth-order valence-electron chi connectivity index (χ4n) is 1.57. The molecule has 4 N–H and O–H groups in total. The Labute approximate surface area is 114 Å². The Morgan fingerprint density at radius 1 is 1.50 bits per heavy atom. The van der Waals surface area contributed by atoms with Gasteiger partial charge in [-0.25, -0.2) is 10.8 Å². The van der Waals surface area contributed by atoms with Crippen LogP contribution >= 0.6 is 0 Å². The Balaban J connectivity index is 2.41. The minimum absolute atomic E-state index is 0.0262. The van der Waals surface area contributed by atoms with Crippen LogP contribution in [0.15, 0.2) is 29.5 Å². The quantitative estimate of drug-likeness (QED) is 0.404. The van der Waals surface area contributed by atoms with E-state index in [1.54, 1.807) is 0 Å². The average Bonchev–Trinajstić information content (AvgIpc) is 2.47. The number of nitrogen functional groups attached to an aromatic ring is 1. The van der Waals surface area contributed by atoms with Gasteiger partial charge in [0.2, 0.25) is 0 Å². The highest BCUT2D eigenvalue weighted by molar-refractivity contribution is 5.91. The van der Waals surface area contributed by atoms with Crippen LogP contribution in [0.3, 0.4) is 0 Å². The van der Waals surface area contributed by atoms with Gasteiger partial charge in [-0.2, -0.15) is 0 Å². The predicted molar refractivity (Wildman–Crippen MR) is 70.9 cm³/mol. The predicted octanol–water partition coefficient (Wildman–Crippen LogP) is -0.166. The molecule has 0 unspecified atom stereocenters. The van der Waals surface area contributed by atoms with E-state index in [2.05, 4.69) is 15.0 Å². The number of amides is 1. The average molecular weight is 275 g/mol. The van der Waals surface area contributed by atoms with E-state index in [9.17, 15) is 9.59 Å². The smallest absolute Gasteiger partial charge is 0.285 e. The van der Waals surface area contributed by atoms with Crippen molar-refractivity contribution in [1.82, 2.24) is 20.4 Å². The first kappa shape index (κ1) is 13.7. The number of aromatic amines is 1. The van der Waals surface area contributed by atoms with Crippen LogP contribution in [-0.4, -0.2) is 27.5 Å². The Kier molecular flexibility index (Phi) is 4.06. The van der Waals surface area contributed by atoms with E-state index in [1.165, 1.54) is 24.7 Å². The van der Waals surface area contributed by atoms with Crippen molar-refractivity contribution in [3.63, 3.8) is 0 Å². The van der Waals surface area contributed by atoms with Gasteiger partial charge < -0.3 is 9.72 Å². The molecule has 0 atom stereocenters. The van der Waals surface area contributed by atoms with Crippen molar-refractivity contribution in [3.05, 3.63) is 40.6 Å². The number of H-pyrrole nitrogens is 1. The maximum absolute atomic E-state index is 12.0. The summed E-state index contributed by atoms with van der Waals surface area (Å²) in [7, 11) is 0. The third-order valence-corrected chi connectivity index (χ3v) is 2.46. The van der Waals surface area contributed by atoms with Gasteiger partial charge in [-0.05, 0) is 6.92 Å². The molecule has 1 amide bonds. The summed E-state index contributed by atoms with van der Waals surface area (Å²) in [4.78, 5) is 34.1. The molecule has 0 fully saturated rings. The molecule has 0 saturated heterocycles. The fourth-order valence-corrected chi connectivity index (χ4v) is 1.57. The van der Waals surface area contributed by atoms with E-state index in [4.69, 9.17) is 10.6 Å². The molecule has 2 aromatic rings. The summed E-state index contributed by atoms with van der Waals surface area (Å²) in [6.45, 7) is 2.26. The zero-order chi connectivity index (χ0) is 14.5. The number of carbonyl (C=O) groups is 1. The lowest BCUT2D eigenvalue weighted by atomic mass is 10.2. The standard InChI is InChI=1S/C12H13N5O3/c1-2-20-11-3-10(18)7(4-15-11)8-5-14-6-9(16-8)12(19)17-13/h3-6H,2,13H2,1H3,(H,15,18)(H,17,19). The Bertz CT molecular complexity index is 683. The van der Waals surface area contributed by atoms with E-state index < -0.39 is 5.91 Å². The molecule has 0 saturated carbocycles. The van der Waals surface area contributed by atoms with Gasteiger partial charge in [0.25, 0.3) is 5.91 Å². The largest absolute Gasteiger partial charge is 0.479 e. The summed E-state index contributed by atoms with van der Waals surface area (Å²) in [6.07, 6.45) is 4.11. The monoisotopic (exact) mass is 275 g/mol. The van der Waals surface area contributed by atoms with E-state index in [1.807, 2.05) is 12.3 Å². The number of hydrogen-bond acceptors (Lipinski definition) is 6. The molecule has 2 heterocycles. The van der Waals surface area contributed by atoms with Crippen LogP contribution < -0.4 is 21.4 Å². The Hall–Kier alpha value is -2.74. The van der Waals surface area contributed by atoms with E-state index in [0.29, 0.717) is 12.5 Å². The molecule has 2 rings (SSSR count). The van der Waals surface area contributed by atoms with Gasteiger partial charge in [-0.1, -0.05) is 0 Å². The molecule has 0 bridgehead atoms. The lowest BCUT2D eigenvalue weighted by Crippen LogP contribution is -2.31. The third-order valence-electron chi connectivity index (χ3n) is 2.46. The van der Waals surface area contributed by atoms with Gasteiger partial charge in [0.15, 0.2) is 11.3 Å². The van der Waals surface area contributed by atoms with Gasteiger partial charge in [-0.15, -0.1) is 0 Å². The van der Waals surface area contributed by atoms with Crippen LogP contribution in [0.5, 0.6) is 5.88 Å². The van der Waals surface area contributed by atoms with Crippen LogP contribution in [0, 0.1) is 0 Å². The summed E-state index contributed by atoms with van der Waals surface area (Å²) in [5.74, 6) is 4.81. The molecule has 104 valence electrons. The molecule has 0 aliphatic rings. The summed E-state index contributed by atoms with van der Waals surface area (Å²) in [5, 5.41) is 0. The van der Waals surface area contributed by atoms with Crippen LogP contribution in [0.25, 0.3) is 11.3 Å². The van der Waals surface area contributed by atoms with Crippen molar-refractivity contribution in [1.29, 1.82) is 0 Å².